The van der Waals surface area contributed by atoms with Gasteiger partial charge in [-0.15, -0.1) is 0 Å². The summed E-state index contributed by atoms with van der Waals surface area (Å²) in [6, 6.07) is 6.16. The molecule has 0 fully saturated rings. The summed E-state index contributed by atoms with van der Waals surface area (Å²) in [4.78, 5) is 10.4. The number of nitrogens with one attached hydrogen (secondary N) is 1. The van der Waals surface area contributed by atoms with Crippen molar-refractivity contribution in [2.45, 2.75) is 6.54 Å². The van der Waals surface area contributed by atoms with E-state index in [0.717, 1.165) is 21.5 Å². The fraction of sp³-hybridized carbons (Fsp3) is 0.231. The van der Waals surface area contributed by atoms with E-state index in [1.54, 1.807) is 18.6 Å². The molecule has 94 valence electrons. The van der Waals surface area contributed by atoms with Crippen molar-refractivity contribution >= 4 is 27.3 Å². The first kappa shape index (κ1) is 12.8. The maximum atomic E-state index is 4.24. The van der Waals surface area contributed by atoms with Crippen LogP contribution in [0.2, 0.25) is 0 Å². The van der Waals surface area contributed by atoms with Gasteiger partial charge in [0.05, 0.1) is 29.8 Å². The molecular weight excluding hydrogens is 292 g/mol. The molecule has 0 aliphatic carbocycles. The Balaban J connectivity index is 2.15. The Hall–Kier alpha value is -1.62. The number of hydrogen-bond donors (Lipinski definition) is 1. The Morgan fingerprint density at radius 2 is 2.11 bits per heavy atom. The summed E-state index contributed by atoms with van der Waals surface area (Å²) < 4.78 is 1.05. The summed E-state index contributed by atoms with van der Waals surface area (Å²) in [5.41, 5.74) is 3.13. The Morgan fingerprint density at radius 3 is 2.78 bits per heavy atom. The Labute approximate surface area is 115 Å². The monoisotopic (exact) mass is 306 g/mol. The molecule has 1 aromatic carbocycles. The first-order chi connectivity index (χ1) is 8.66. The van der Waals surface area contributed by atoms with Crippen molar-refractivity contribution in [3.8, 4) is 0 Å². The zero-order valence-electron chi connectivity index (χ0n) is 10.4. The van der Waals surface area contributed by atoms with E-state index < -0.39 is 0 Å². The SMILES string of the molecule is CN(C)c1ccc(Br)cc1NCc1cnccn1. The summed E-state index contributed by atoms with van der Waals surface area (Å²) in [7, 11) is 4.05. The van der Waals surface area contributed by atoms with Gasteiger partial charge in [0.1, 0.15) is 0 Å². The Morgan fingerprint density at radius 1 is 1.28 bits per heavy atom. The van der Waals surface area contributed by atoms with Crippen molar-refractivity contribution in [2.75, 3.05) is 24.3 Å². The van der Waals surface area contributed by atoms with Gasteiger partial charge in [0.2, 0.25) is 0 Å². The molecule has 0 amide bonds. The lowest BCUT2D eigenvalue weighted by Gasteiger charge is -2.18. The van der Waals surface area contributed by atoms with E-state index in [2.05, 4.69) is 48.2 Å². The molecule has 0 saturated heterocycles. The third-order valence-corrected chi connectivity index (χ3v) is 3.01. The topological polar surface area (TPSA) is 41.0 Å². The molecule has 18 heavy (non-hydrogen) atoms. The van der Waals surface area contributed by atoms with Crippen LogP contribution in [0.1, 0.15) is 5.69 Å². The number of benzene rings is 1. The van der Waals surface area contributed by atoms with Crippen molar-refractivity contribution in [1.82, 2.24) is 9.97 Å². The highest BCUT2D eigenvalue weighted by molar-refractivity contribution is 9.10. The summed E-state index contributed by atoms with van der Waals surface area (Å²) >= 11 is 3.49. The van der Waals surface area contributed by atoms with Crippen LogP contribution in [-0.4, -0.2) is 24.1 Å². The summed E-state index contributed by atoms with van der Waals surface area (Å²) in [6.45, 7) is 0.658. The lowest BCUT2D eigenvalue weighted by molar-refractivity contribution is 1.00. The Kier molecular flexibility index (Phi) is 4.15. The highest BCUT2D eigenvalue weighted by Gasteiger charge is 2.05. The minimum Gasteiger partial charge on any atom is -0.378 e. The zero-order chi connectivity index (χ0) is 13.0. The molecule has 5 heteroatoms. The first-order valence-corrected chi connectivity index (χ1v) is 6.42. The third-order valence-electron chi connectivity index (χ3n) is 2.52. The molecule has 0 saturated carbocycles. The van der Waals surface area contributed by atoms with Gasteiger partial charge in [0, 0.05) is 31.0 Å². The van der Waals surface area contributed by atoms with E-state index in [4.69, 9.17) is 0 Å². The third kappa shape index (κ3) is 3.20. The van der Waals surface area contributed by atoms with Crippen LogP contribution in [0.5, 0.6) is 0 Å². The van der Waals surface area contributed by atoms with Crippen LogP contribution in [-0.2, 0) is 6.54 Å². The van der Waals surface area contributed by atoms with Crippen molar-refractivity contribution in [1.29, 1.82) is 0 Å². The molecule has 1 heterocycles. The molecule has 2 rings (SSSR count). The van der Waals surface area contributed by atoms with Gasteiger partial charge in [-0.05, 0) is 18.2 Å². The Bertz CT molecular complexity index is 514. The van der Waals surface area contributed by atoms with Crippen molar-refractivity contribution < 1.29 is 0 Å². The molecule has 0 aliphatic rings. The van der Waals surface area contributed by atoms with E-state index in [-0.39, 0.29) is 0 Å². The molecule has 0 unspecified atom stereocenters. The van der Waals surface area contributed by atoms with Gasteiger partial charge in [0.15, 0.2) is 0 Å². The van der Waals surface area contributed by atoms with Gasteiger partial charge < -0.3 is 10.2 Å². The second kappa shape index (κ2) is 5.82. The number of rotatable bonds is 4. The maximum absolute atomic E-state index is 4.24. The lowest BCUT2D eigenvalue weighted by Crippen LogP contribution is -2.12. The number of hydrogen-bond acceptors (Lipinski definition) is 4. The van der Waals surface area contributed by atoms with Gasteiger partial charge >= 0.3 is 0 Å². The van der Waals surface area contributed by atoms with Crippen LogP contribution in [0, 0.1) is 0 Å². The normalized spacial score (nSPS) is 10.2. The summed E-state index contributed by atoms with van der Waals surface area (Å²) in [5, 5.41) is 3.38. The smallest absolute Gasteiger partial charge is 0.0777 e. The average molecular weight is 307 g/mol. The summed E-state index contributed by atoms with van der Waals surface area (Å²) in [6.07, 6.45) is 5.14. The average Bonchev–Trinajstić information content (AvgIpc) is 2.37. The van der Waals surface area contributed by atoms with Gasteiger partial charge in [0.25, 0.3) is 0 Å². The van der Waals surface area contributed by atoms with Gasteiger partial charge in [-0.2, -0.15) is 0 Å². The standard InChI is InChI=1S/C13H15BrN4/c1-18(2)13-4-3-10(14)7-12(13)17-9-11-8-15-5-6-16-11/h3-8,17H,9H2,1-2H3. The quantitative estimate of drug-likeness (QED) is 0.943. The maximum Gasteiger partial charge on any atom is 0.0777 e. The van der Waals surface area contributed by atoms with Crippen LogP contribution in [0.25, 0.3) is 0 Å². The van der Waals surface area contributed by atoms with Crippen LogP contribution in [0.15, 0.2) is 41.3 Å². The molecule has 4 nitrogen and oxygen atoms in total. The van der Waals surface area contributed by atoms with Crippen LogP contribution < -0.4 is 10.2 Å². The molecule has 0 spiro atoms. The van der Waals surface area contributed by atoms with Gasteiger partial charge in [-0.1, -0.05) is 15.9 Å². The number of anilines is 2. The molecule has 0 atom stereocenters. The second-order valence-electron chi connectivity index (χ2n) is 4.11. The van der Waals surface area contributed by atoms with Gasteiger partial charge in [-0.3, -0.25) is 9.97 Å². The highest BCUT2D eigenvalue weighted by Crippen LogP contribution is 2.28. The van der Waals surface area contributed by atoms with Crippen LogP contribution in [0.3, 0.4) is 0 Å². The van der Waals surface area contributed by atoms with E-state index in [0.29, 0.717) is 6.54 Å². The first-order valence-electron chi connectivity index (χ1n) is 5.62. The molecule has 0 aliphatic heterocycles. The van der Waals surface area contributed by atoms with E-state index in [9.17, 15) is 0 Å². The fourth-order valence-electron chi connectivity index (χ4n) is 1.65. The zero-order valence-corrected chi connectivity index (χ0v) is 12.0. The molecule has 2 aromatic rings. The van der Waals surface area contributed by atoms with Crippen molar-refractivity contribution in [3.05, 3.63) is 47.0 Å². The van der Waals surface area contributed by atoms with Crippen molar-refractivity contribution in [2.24, 2.45) is 0 Å². The number of nitrogens with zero attached hydrogens (tertiary/aromatic N) is 3. The van der Waals surface area contributed by atoms with Crippen LogP contribution >= 0.6 is 15.9 Å². The van der Waals surface area contributed by atoms with Gasteiger partial charge in [-0.25, -0.2) is 0 Å². The fourth-order valence-corrected chi connectivity index (χ4v) is 2.01. The minimum atomic E-state index is 0.658. The lowest BCUT2D eigenvalue weighted by atomic mass is 10.2. The van der Waals surface area contributed by atoms with Crippen molar-refractivity contribution in [3.63, 3.8) is 0 Å². The second-order valence-corrected chi connectivity index (χ2v) is 5.02. The molecular formula is C13H15BrN4. The number of aromatic nitrogens is 2. The minimum absolute atomic E-state index is 0.658. The number of halogens is 1. The van der Waals surface area contributed by atoms with E-state index in [1.807, 2.05) is 20.2 Å². The molecule has 0 bridgehead atoms. The highest BCUT2D eigenvalue weighted by atomic mass is 79.9. The van der Waals surface area contributed by atoms with Crippen LogP contribution in [0.4, 0.5) is 11.4 Å². The van der Waals surface area contributed by atoms with E-state index in [1.165, 1.54) is 0 Å². The summed E-state index contributed by atoms with van der Waals surface area (Å²) in [5.74, 6) is 0. The largest absolute Gasteiger partial charge is 0.378 e. The molecule has 0 radical (unpaired) electrons. The predicted molar refractivity (Wildman–Crippen MR) is 77.8 cm³/mol. The molecule has 1 aromatic heterocycles. The molecule has 1 N–H and O–H groups in total. The van der Waals surface area contributed by atoms with E-state index >= 15 is 0 Å². The predicted octanol–water partition coefficient (Wildman–Crippen LogP) is 2.92.